The number of pyridine rings is 1. The fourth-order valence-electron chi connectivity index (χ4n) is 1.60. The third-order valence-electron chi connectivity index (χ3n) is 2.45. The van der Waals surface area contributed by atoms with Crippen LogP contribution in [0.15, 0.2) is 24.3 Å². The SMILES string of the molecule is CCCOc1ccc2nc(C(F)F)cc(Cl)c2c1. The average molecular weight is 272 g/mol. The molecule has 0 bridgehead atoms. The van der Waals surface area contributed by atoms with Gasteiger partial charge in [0.15, 0.2) is 0 Å². The zero-order valence-electron chi connectivity index (χ0n) is 9.79. The third kappa shape index (κ3) is 2.70. The number of nitrogens with zero attached hydrogens (tertiary/aromatic N) is 1. The first kappa shape index (κ1) is 13.0. The van der Waals surface area contributed by atoms with Crippen molar-refractivity contribution >= 4 is 22.5 Å². The van der Waals surface area contributed by atoms with Crippen molar-refractivity contribution in [1.82, 2.24) is 4.98 Å². The van der Waals surface area contributed by atoms with Gasteiger partial charge in [-0.1, -0.05) is 18.5 Å². The molecule has 2 nitrogen and oxygen atoms in total. The van der Waals surface area contributed by atoms with Gasteiger partial charge in [-0.15, -0.1) is 0 Å². The van der Waals surface area contributed by atoms with Gasteiger partial charge in [-0.2, -0.15) is 0 Å². The van der Waals surface area contributed by atoms with Crippen LogP contribution in [0.1, 0.15) is 25.5 Å². The summed E-state index contributed by atoms with van der Waals surface area (Å²) in [6.07, 6.45) is -1.73. The van der Waals surface area contributed by atoms with Gasteiger partial charge in [0.2, 0.25) is 0 Å². The van der Waals surface area contributed by atoms with Crippen molar-refractivity contribution in [3.63, 3.8) is 0 Å². The van der Waals surface area contributed by atoms with Crippen molar-refractivity contribution in [3.8, 4) is 5.75 Å². The summed E-state index contributed by atoms with van der Waals surface area (Å²) < 4.78 is 30.6. The molecule has 0 aliphatic carbocycles. The summed E-state index contributed by atoms with van der Waals surface area (Å²) in [6.45, 7) is 2.61. The van der Waals surface area contributed by atoms with Gasteiger partial charge in [-0.05, 0) is 30.7 Å². The molecule has 0 atom stereocenters. The minimum absolute atomic E-state index is 0.261. The van der Waals surface area contributed by atoms with E-state index in [0.29, 0.717) is 23.3 Å². The lowest BCUT2D eigenvalue weighted by Crippen LogP contribution is -1.96. The Morgan fingerprint density at radius 2 is 2.11 bits per heavy atom. The van der Waals surface area contributed by atoms with E-state index in [1.807, 2.05) is 6.92 Å². The Morgan fingerprint density at radius 3 is 2.78 bits per heavy atom. The predicted octanol–water partition coefficient (Wildman–Crippen LogP) is 4.61. The lowest BCUT2D eigenvalue weighted by molar-refractivity contribution is 0.146. The number of fused-ring (bicyclic) bond motifs is 1. The third-order valence-corrected chi connectivity index (χ3v) is 2.76. The van der Waals surface area contributed by atoms with Crippen molar-refractivity contribution in [2.24, 2.45) is 0 Å². The molecule has 0 N–H and O–H groups in total. The first-order valence-corrected chi connectivity index (χ1v) is 6.00. The van der Waals surface area contributed by atoms with Crippen LogP contribution in [0.3, 0.4) is 0 Å². The van der Waals surface area contributed by atoms with Gasteiger partial charge >= 0.3 is 0 Å². The minimum atomic E-state index is -2.62. The van der Waals surface area contributed by atoms with E-state index in [9.17, 15) is 8.78 Å². The molecule has 0 spiro atoms. The van der Waals surface area contributed by atoms with Gasteiger partial charge in [-0.25, -0.2) is 13.8 Å². The Balaban J connectivity index is 2.44. The first-order valence-electron chi connectivity index (χ1n) is 5.63. The van der Waals surface area contributed by atoms with E-state index in [0.717, 1.165) is 6.42 Å². The lowest BCUT2D eigenvalue weighted by Gasteiger charge is -2.08. The minimum Gasteiger partial charge on any atom is -0.494 e. The van der Waals surface area contributed by atoms with E-state index in [1.165, 1.54) is 6.07 Å². The molecule has 1 aromatic carbocycles. The highest BCUT2D eigenvalue weighted by Gasteiger charge is 2.12. The van der Waals surface area contributed by atoms with Crippen molar-refractivity contribution in [3.05, 3.63) is 35.0 Å². The molecule has 0 aliphatic heterocycles. The molecule has 18 heavy (non-hydrogen) atoms. The Labute approximate surface area is 109 Å². The van der Waals surface area contributed by atoms with E-state index in [-0.39, 0.29) is 10.7 Å². The quantitative estimate of drug-likeness (QED) is 0.810. The Morgan fingerprint density at radius 1 is 1.33 bits per heavy atom. The Bertz CT molecular complexity index is 560. The summed E-state index contributed by atoms with van der Waals surface area (Å²) in [6, 6.07) is 6.25. The molecule has 0 amide bonds. The van der Waals surface area contributed by atoms with Crippen LogP contribution in [0.25, 0.3) is 10.9 Å². The van der Waals surface area contributed by atoms with E-state index in [4.69, 9.17) is 16.3 Å². The van der Waals surface area contributed by atoms with Gasteiger partial charge in [-0.3, -0.25) is 0 Å². The van der Waals surface area contributed by atoms with Gasteiger partial charge < -0.3 is 4.74 Å². The van der Waals surface area contributed by atoms with Gasteiger partial charge in [0.25, 0.3) is 6.43 Å². The zero-order valence-corrected chi connectivity index (χ0v) is 10.5. The summed E-state index contributed by atoms with van der Waals surface area (Å²) >= 11 is 5.98. The maximum Gasteiger partial charge on any atom is 0.280 e. The molecule has 2 rings (SSSR count). The molecule has 0 fully saturated rings. The standard InChI is InChI=1S/C13H12ClF2NO/c1-2-5-18-8-3-4-11-9(6-8)10(14)7-12(17-11)13(15)16/h3-4,6-7,13H,2,5H2,1H3. The number of alkyl halides is 2. The topological polar surface area (TPSA) is 22.1 Å². The molecule has 0 saturated carbocycles. The molecule has 1 aromatic heterocycles. The molecular weight excluding hydrogens is 260 g/mol. The van der Waals surface area contributed by atoms with Gasteiger partial charge in [0, 0.05) is 5.39 Å². The Kier molecular flexibility index (Phi) is 3.97. The predicted molar refractivity (Wildman–Crippen MR) is 67.5 cm³/mol. The lowest BCUT2D eigenvalue weighted by atomic mass is 10.2. The Hall–Kier alpha value is -1.42. The molecule has 5 heteroatoms. The number of hydrogen-bond donors (Lipinski definition) is 0. The van der Waals surface area contributed by atoms with Crippen LogP contribution in [-0.2, 0) is 0 Å². The van der Waals surface area contributed by atoms with Gasteiger partial charge in [0.1, 0.15) is 11.4 Å². The molecule has 0 saturated heterocycles. The summed E-state index contributed by atoms with van der Waals surface area (Å²) in [5.74, 6) is 0.665. The summed E-state index contributed by atoms with van der Waals surface area (Å²) in [7, 11) is 0. The van der Waals surface area contributed by atoms with Crippen LogP contribution in [0.2, 0.25) is 5.02 Å². The fourth-order valence-corrected chi connectivity index (χ4v) is 1.87. The van der Waals surface area contributed by atoms with Crippen LogP contribution in [-0.4, -0.2) is 11.6 Å². The number of rotatable bonds is 4. The van der Waals surface area contributed by atoms with E-state index < -0.39 is 6.43 Å². The molecule has 1 heterocycles. The number of aromatic nitrogens is 1. The molecular formula is C13H12ClF2NO. The summed E-state index contributed by atoms with van der Waals surface area (Å²) in [5.41, 5.74) is 0.136. The second-order valence-corrected chi connectivity index (χ2v) is 4.26. The van der Waals surface area contributed by atoms with Crippen molar-refractivity contribution < 1.29 is 13.5 Å². The second-order valence-electron chi connectivity index (χ2n) is 3.86. The highest BCUT2D eigenvalue weighted by molar-refractivity contribution is 6.35. The molecule has 2 aromatic rings. The maximum atomic E-state index is 12.6. The second kappa shape index (κ2) is 5.48. The largest absolute Gasteiger partial charge is 0.494 e. The van der Waals surface area contributed by atoms with Crippen LogP contribution in [0.4, 0.5) is 8.78 Å². The first-order chi connectivity index (χ1) is 8.61. The van der Waals surface area contributed by atoms with Crippen LogP contribution < -0.4 is 4.74 Å². The van der Waals surface area contributed by atoms with Gasteiger partial charge in [0.05, 0.1) is 17.1 Å². The maximum absolute atomic E-state index is 12.6. The number of ether oxygens (including phenoxy) is 1. The molecule has 96 valence electrons. The molecule has 0 radical (unpaired) electrons. The van der Waals surface area contributed by atoms with Crippen LogP contribution in [0, 0.1) is 0 Å². The van der Waals surface area contributed by atoms with Crippen LogP contribution in [0.5, 0.6) is 5.75 Å². The normalized spacial score (nSPS) is 11.2. The number of benzene rings is 1. The fraction of sp³-hybridized carbons (Fsp3) is 0.308. The van der Waals surface area contributed by atoms with E-state index in [2.05, 4.69) is 4.98 Å². The average Bonchev–Trinajstić information content (AvgIpc) is 2.36. The van der Waals surface area contributed by atoms with E-state index >= 15 is 0 Å². The number of halogens is 3. The van der Waals surface area contributed by atoms with Crippen molar-refractivity contribution in [2.75, 3.05) is 6.61 Å². The summed E-state index contributed by atoms with van der Waals surface area (Å²) in [4.78, 5) is 3.87. The molecule has 0 unspecified atom stereocenters. The smallest absolute Gasteiger partial charge is 0.280 e. The number of hydrogen-bond acceptors (Lipinski definition) is 2. The van der Waals surface area contributed by atoms with Crippen molar-refractivity contribution in [1.29, 1.82) is 0 Å². The van der Waals surface area contributed by atoms with Crippen LogP contribution >= 0.6 is 11.6 Å². The van der Waals surface area contributed by atoms with Crippen molar-refractivity contribution in [2.45, 2.75) is 19.8 Å². The monoisotopic (exact) mass is 271 g/mol. The highest BCUT2D eigenvalue weighted by Crippen LogP contribution is 2.30. The molecule has 0 aliphatic rings. The summed E-state index contributed by atoms with van der Waals surface area (Å²) in [5, 5.41) is 0.881. The zero-order chi connectivity index (χ0) is 13.1. The highest BCUT2D eigenvalue weighted by atomic mass is 35.5. The van der Waals surface area contributed by atoms with E-state index in [1.54, 1.807) is 18.2 Å².